The van der Waals surface area contributed by atoms with Crippen molar-refractivity contribution >= 4 is 6.21 Å². The zero-order valence-corrected chi connectivity index (χ0v) is 11.8. The fraction of sp³-hybridized carbons (Fsp3) is 0.500. The van der Waals surface area contributed by atoms with Crippen LogP contribution in [0.4, 0.5) is 0 Å². The summed E-state index contributed by atoms with van der Waals surface area (Å²) in [7, 11) is 0. The maximum absolute atomic E-state index is 9.11. The Morgan fingerprint density at radius 2 is 1.77 bits per heavy atom. The molecule has 1 aromatic rings. The molecule has 0 bridgehead atoms. The monoisotopic (exact) mass is 315 g/mol. The minimum absolute atomic E-state index is 0.0521. The average Bonchev–Trinajstić information content (AvgIpc) is 2.53. The zero-order valence-electron chi connectivity index (χ0n) is 11.8. The molecule has 1 heterocycles. The molecular weight excluding hydrogens is 294 g/mol. The van der Waals surface area contributed by atoms with Crippen LogP contribution in [0.25, 0.3) is 0 Å². The number of phenolic OH excluding ortho intramolecular Hbond substituents is 1. The predicted octanol–water partition coefficient (Wildman–Crippen LogP) is -1.46. The molecule has 8 heteroatoms. The second-order valence-corrected chi connectivity index (χ2v) is 4.81. The number of nitrogens with one attached hydrogen (secondary N) is 1. The first kappa shape index (κ1) is 18.5. The molecular formula is C14H21NO7. The highest BCUT2D eigenvalue weighted by Crippen LogP contribution is 2.15. The lowest BCUT2D eigenvalue weighted by molar-refractivity contribution is -0.195. The van der Waals surface area contributed by atoms with Crippen molar-refractivity contribution < 1.29 is 35.4 Å². The van der Waals surface area contributed by atoms with E-state index >= 15 is 0 Å². The normalized spacial score (nSPS) is 29.1. The molecule has 1 aromatic carbocycles. The zero-order chi connectivity index (χ0) is 16.7. The number of aliphatic hydroxyl groups is 5. The van der Waals surface area contributed by atoms with Crippen LogP contribution >= 0.6 is 0 Å². The number of aliphatic hydroxyl groups excluding tert-OH is 5. The van der Waals surface area contributed by atoms with Gasteiger partial charge in [-0.15, -0.1) is 0 Å². The molecule has 1 saturated heterocycles. The molecule has 1 aliphatic heterocycles. The first-order valence-electron chi connectivity index (χ1n) is 6.65. The lowest BCUT2D eigenvalue weighted by Gasteiger charge is -2.34. The number of phenols is 1. The number of ether oxygens (including phenoxy) is 1. The number of rotatable bonds is 3. The Hall–Kier alpha value is -1.55. The third kappa shape index (κ3) is 5.02. The van der Waals surface area contributed by atoms with Crippen molar-refractivity contribution in [3.05, 3.63) is 29.8 Å². The van der Waals surface area contributed by atoms with Gasteiger partial charge in [-0.3, -0.25) is 0 Å². The van der Waals surface area contributed by atoms with Crippen LogP contribution in [0.2, 0.25) is 0 Å². The number of hydrogen-bond acceptors (Lipinski definition) is 8. The van der Waals surface area contributed by atoms with Gasteiger partial charge in [-0.05, 0) is 17.7 Å². The van der Waals surface area contributed by atoms with Gasteiger partial charge in [0.25, 0.3) is 0 Å². The van der Waals surface area contributed by atoms with E-state index < -0.39 is 30.5 Å². The van der Waals surface area contributed by atoms with E-state index in [2.05, 4.69) is 0 Å². The number of aromatic hydroxyl groups is 1. The van der Waals surface area contributed by atoms with Gasteiger partial charge in [0.2, 0.25) is 0 Å². The van der Waals surface area contributed by atoms with Crippen LogP contribution < -0.4 is 0 Å². The SMILES string of the molecule is N=C[C@@H](O)c1ccc(O)cc1.OC[C@H]1OC[C@H](O)[C@@H](O)[C@@H]1O. The van der Waals surface area contributed by atoms with E-state index in [4.69, 9.17) is 40.8 Å². The van der Waals surface area contributed by atoms with E-state index in [1.54, 1.807) is 12.1 Å². The summed E-state index contributed by atoms with van der Waals surface area (Å²) in [6, 6.07) is 6.10. The lowest BCUT2D eigenvalue weighted by atomic mass is 10.0. The molecule has 0 aliphatic carbocycles. The minimum Gasteiger partial charge on any atom is -0.508 e. The van der Waals surface area contributed by atoms with Crippen LogP contribution in [0.5, 0.6) is 5.75 Å². The Bertz CT molecular complexity index is 451. The third-order valence-electron chi connectivity index (χ3n) is 3.18. The molecule has 22 heavy (non-hydrogen) atoms. The van der Waals surface area contributed by atoms with Gasteiger partial charge in [0.05, 0.1) is 13.2 Å². The maximum atomic E-state index is 9.11. The molecule has 2 rings (SSSR count). The average molecular weight is 315 g/mol. The number of hydrogen-bond donors (Lipinski definition) is 7. The van der Waals surface area contributed by atoms with Crippen LogP contribution in [0.15, 0.2) is 24.3 Å². The highest BCUT2D eigenvalue weighted by atomic mass is 16.5. The molecule has 1 aliphatic rings. The van der Waals surface area contributed by atoms with Crippen LogP contribution in [-0.4, -0.2) is 74.5 Å². The summed E-state index contributed by atoms with van der Waals surface area (Å²) in [4.78, 5) is 0. The van der Waals surface area contributed by atoms with Crippen LogP contribution in [0, 0.1) is 5.41 Å². The van der Waals surface area contributed by atoms with Gasteiger partial charge in [0.1, 0.15) is 36.3 Å². The van der Waals surface area contributed by atoms with Crippen LogP contribution in [0.1, 0.15) is 11.7 Å². The Morgan fingerprint density at radius 1 is 1.18 bits per heavy atom. The van der Waals surface area contributed by atoms with Gasteiger partial charge in [-0.2, -0.15) is 0 Å². The summed E-state index contributed by atoms with van der Waals surface area (Å²) in [5.41, 5.74) is 0.609. The first-order chi connectivity index (χ1) is 10.4. The van der Waals surface area contributed by atoms with E-state index in [0.717, 1.165) is 6.21 Å². The Balaban J connectivity index is 0.000000220. The Labute approximate surface area is 127 Å². The van der Waals surface area contributed by atoms with E-state index in [9.17, 15) is 0 Å². The van der Waals surface area contributed by atoms with Gasteiger partial charge >= 0.3 is 0 Å². The summed E-state index contributed by atoms with van der Waals surface area (Å²) in [6.45, 7) is -0.408. The Morgan fingerprint density at radius 3 is 2.27 bits per heavy atom. The van der Waals surface area contributed by atoms with E-state index in [1.165, 1.54) is 12.1 Å². The molecule has 1 fully saturated rings. The topological polar surface area (TPSA) is 154 Å². The molecule has 0 spiro atoms. The molecule has 7 N–H and O–H groups in total. The summed E-state index contributed by atoms with van der Waals surface area (Å²) in [5.74, 6) is 0.158. The van der Waals surface area contributed by atoms with Crippen LogP contribution in [0.3, 0.4) is 0 Å². The quantitative estimate of drug-likeness (QED) is 0.336. The molecule has 0 radical (unpaired) electrons. The van der Waals surface area contributed by atoms with E-state index in [0.29, 0.717) is 5.56 Å². The van der Waals surface area contributed by atoms with Crippen molar-refractivity contribution in [3.8, 4) is 5.75 Å². The van der Waals surface area contributed by atoms with Gasteiger partial charge in [-0.1, -0.05) is 12.1 Å². The highest BCUT2D eigenvalue weighted by molar-refractivity contribution is 5.62. The summed E-state index contributed by atoms with van der Waals surface area (Å²) >= 11 is 0. The largest absolute Gasteiger partial charge is 0.508 e. The second-order valence-electron chi connectivity index (χ2n) is 4.81. The molecule has 0 unspecified atom stereocenters. The lowest BCUT2D eigenvalue weighted by Crippen LogP contribution is -2.53. The molecule has 0 saturated carbocycles. The van der Waals surface area contributed by atoms with Gasteiger partial charge in [0, 0.05) is 6.21 Å². The van der Waals surface area contributed by atoms with Crippen molar-refractivity contribution in [2.24, 2.45) is 0 Å². The van der Waals surface area contributed by atoms with Crippen molar-refractivity contribution in [1.29, 1.82) is 5.41 Å². The maximum Gasteiger partial charge on any atom is 0.115 e. The molecule has 0 amide bonds. The van der Waals surface area contributed by atoms with Gasteiger partial charge < -0.3 is 40.8 Å². The number of benzene rings is 1. The Kier molecular flexibility index (Phi) is 7.39. The first-order valence-corrected chi connectivity index (χ1v) is 6.65. The van der Waals surface area contributed by atoms with Crippen molar-refractivity contribution in [2.75, 3.05) is 13.2 Å². The molecule has 124 valence electrons. The van der Waals surface area contributed by atoms with Gasteiger partial charge in [0.15, 0.2) is 0 Å². The van der Waals surface area contributed by atoms with Crippen molar-refractivity contribution in [3.63, 3.8) is 0 Å². The smallest absolute Gasteiger partial charge is 0.115 e. The van der Waals surface area contributed by atoms with Gasteiger partial charge in [-0.25, -0.2) is 0 Å². The van der Waals surface area contributed by atoms with Crippen molar-refractivity contribution in [1.82, 2.24) is 0 Å². The molecule has 5 atom stereocenters. The predicted molar refractivity (Wildman–Crippen MR) is 76.7 cm³/mol. The summed E-state index contributed by atoms with van der Waals surface area (Å²) in [6.07, 6.45) is -4.20. The highest BCUT2D eigenvalue weighted by Gasteiger charge is 2.36. The molecule has 8 nitrogen and oxygen atoms in total. The summed E-state index contributed by atoms with van der Waals surface area (Å²) < 4.78 is 4.81. The van der Waals surface area contributed by atoms with Crippen molar-refractivity contribution in [2.45, 2.75) is 30.5 Å². The molecule has 0 aromatic heterocycles. The third-order valence-corrected chi connectivity index (χ3v) is 3.18. The summed E-state index contributed by atoms with van der Waals surface area (Å²) in [5, 5.41) is 60.4. The standard InChI is InChI=1S/C8H9NO2.C6H12O5/c9-5-8(11)6-1-3-7(10)4-2-6;7-1-4-6(10)5(9)3(8)2-11-4/h1-5,8-11H;3-10H,1-2H2/t8-;3-,4+,5+,6+/m10/s1. The van der Waals surface area contributed by atoms with Crippen LogP contribution in [-0.2, 0) is 4.74 Å². The minimum atomic E-state index is -1.22. The second kappa shape index (κ2) is 8.79. The fourth-order valence-corrected chi connectivity index (χ4v) is 1.80. The fourth-order valence-electron chi connectivity index (χ4n) is 1.80. The van der Waals surface area contributed by atoms with E-state index in [-0.39, 0.29) is 19.0 Å². The van der Waals surface area contributed by atoms with E-state index in [1.807, 2.05) is 0 Å².